The molecule has 1 N–H and O–H groups in total. The standard InChI is InChI=1S/C16H14O6.C14H21NO3/c17-15(18)13(21-11-7-3-1-4-8-11)14(16(19)20)22-12-9-5-2-6-10-12;1-15(2)9-6-10-18-14(17)13(11-16)12-7-4-3-5-8-12/h1-10,13-14H,(H,17,18)(H,19,20);3-5,7-8,13,16H,6,9-11H2,1-2H3/p-2. The van der Waals surface area contributed by atoms with Crippen molar-refractivity contribution in [1.29, 1.82) is 0 Å². The molecule has 3 rings (SSSR count). The summed E-state index contributed by atoms with van der Waals surface area (Å²) < 4.78 is 15.5. The number of carbonyl (C=O) groups is 3. The van der Waals surface area contributed by atoms with Gasteiger partial charge >= 0.3 is 5.97 Å². The summed E-state index contributed by atoms with van der Waals surface area (Å²) in [5.74, 6) is -4.00. The molecule has 3 atom stereocenters. The minimum Gasteiger partial charge on any atom is -0.546 e. The first-order valence-corrected chi connectivity index (χ1v) is 12.5. The van der Waals surface area contributed by atoms with Crippen LogP contribution in [0.1, 0.15) is 17.9 Å². The molecule has 0 aliphatic heterocycles. The number of carboxylic acid groups (broad SMARTS) is 2. The Hall–Kier alpha value is -4.41. The predicted molar refractivity (Wildman–Crippen MR) is 142 cm³/mol. The summed E-state index contributed by atoms with van der Waals surface area (Å²) in [6.45, 7) is 1.04. The summed E-state index contributed by atoms with van der Waals surface area (Å²) in [7, 11) is 3.95. The molecule has 0 saturated heterocycles. The lowest BCUT2D eigenvalue weighted by Crippen LogP contribution is -2.56. The van der Waals surface area contributed by atoms with Gasteiger partial charge in [-0.1, -0.05) is 66.7 Å². The topological polar surface area (TPSA) is 148 Å². The van der Waals surface area contributed by atoms with E-state index in [9.17, 15) is 29.7 Å². The zero-order valence-corrected chi connectivity index (χ0v) is 22.4. The van der Waals surface area contributed by atoms with E-state index in [4.69, 9.17) is 14.2 Å². The van der Waals surface area contributed by atoms with Crippen LogP contribution in [0.4, 0.5) is 0 Å². The lowest BCUT2D eigenvalue weighted by molar-refractivity contribution is -0.330. The average molecular weight is 552 g/mol. The van der Waals surface area contributed by atoms with Crippen molar-refractivity contribution in [2.45, 2.75) is 24.5 Å². The first-order chi connectivity index (χ1) is 19.2. The Kier molecular flexibility index (Phi) is 13.7. The summed E-state index contributed by atoms with van der Waals surface area (Å²) in [6, 6.07) is 25.1. The highest BCUT2D eigenvalue weighted by Crippen LogP contribution is 2.18. The molecule has 3 aromatic rings. The van der Waals surface area contributed by atoms with Crippen molar-refractivity contribution in [2.24, 2.45) is 0 Å². The lowest BCUT2D eigenvalue weighted by Gasteiger charge is -2.29. The molecular formula is C30H33NO9-2. The molecule has 0 aliphatic rings. The molecule has 0 fully saturated rings. The zero-order valence-electron chi connectivity index (χ0n) is 22.4. The SMILES string of the molecule is CN(C)CCCOC(=O)C(CO)c1ccccc1.O=C([O-])C(Oc1ccccc1)C(Oc1ccccc1)C(=O)[O-]. The van der Waals surface area contributed by atoms with Gasteiger partial charge in [0.15, 0.2) is 12.2 Å². The third-order valence-corrected chi connectivity index (χ3v) is 5.42. The highest BCUT2D eigenvalue weighted by Gasteiger charge is 2.28. The second-order valence-corrected chi connectivity index (χ2v) is 8.81. The van der Waals surface area contributed by atoms with Crippen LogP contribution in [0.5, 0.6) is 11.5 Å². The number of aliphatic hydroxyl groups is 1. The van der Waals surface area contributed by atoms with Gasteiger partial charge < -0.3 is 44.0 Å². The maximum absolute atomic E-state index is 11.8. The Bertz CT molecular complexity index is 1100. The third kappa shape index (κ3) is 11.1. The fourth-order valence-electron chi connectivity index (χ4n) is 3.41. The molecule has 0 aromatic heterocycles. The number of carbonyl (C=O) groups excluding carboxylic acids is 3. The number of nitrogens with zero attached hydrogens (tertiary/aromatic N) is 1. The quantitative estimate of drug-likeness (QED) is 0.223. The van der Waals surface area contributed by atoms with Gasteiger partial charge in [-0.3, -0.25) is 4.79 Å². The molecule has 0 amide bonds. The molecule has 40 heavy (non-hydrogen) atoms. The second kappa shape index (κ2) is 17.2. The Morgan fingerprint density at radius 1 is 0.750 bits per heavy atom. The van der Waals surface area contributed by atoms with E-state index >= 15 is 0 Å². The maximum Gasteiger partial charge on any atom is 0.315 e. The molecule has 0 spiro atoms. The fraction of sp³-hybridized carbons (Fsp3) is 0.300. The molecule has 3 unspecified atom stereocenters. The minimum absolute atomic E-state index is 0.180. The zero-order chi connectivity index (χ0) is 29.3. The molecule has 10 nitrogen and oxygen atoms in total. The average Bonchev–Trinajstić information content (AvgIpc) is 2.95. The van der Waals surface area contributed by atoms with E-state index in [1.54, 1.807) is 36.4 Å². The summed E-state index contributed by atoms with van der Waals surface area (Å²) in [6.07, 6.45) is -2.91. The number of carboxylic acids is 2. The number of rotatable bonds is 14. The minimum atomic E-state index is -1.85. The van der Waals surface area contributed by atoms with Crippen LogP contribution in [0, 0.1) is 0 Å². The van der Waals surface area contributed by atoms with Crippen LogP contribution in [-0.2, 0) is 19.1 Å². The van der Waals surface area contributed by atoms with Gasteiger partial charge in [0.05, 0.1) is 25.2 Å². The first kappa shape index (κ1) is 31.8. The Morgan fingerprint density at radius 2 is 1.18 bits per heavy atom. The van der Waals surface area contributed by atoms with Crippen molar-refractivity contribution in [3.63, 3.8) is 0 Å². The highest BCUT2D eigenvalue weighted by atomic mass is 16.6. The third-order valence-electron chi connectivity index (χ3n) is 5.42. The van der Waals surface area contributed by atoms with Gasteiger partial charge in [-0.15, -0.1) is 0 Å². The van der Waals surface area contributed by atoms with Gasteiger partial charge in [-0.05, 0) is 50.3 Å². The number of aliphatic carboxylic acids is 2. The Balaban J connectivity index is 0.000000286. The van der Waals surface area contributed by atoms with Crippen molar-refractivity contribution in [3.05, 3.63) is 96.6 Å². The fourth-order valence-corrected chi connectivity index (χ4v) is 3.41. The smallest absolute Gasteiger partial charge is 0.315 e. The summed E-state index contributed by atoms with van der Waals surface area (Å²) in [5.41, 5.74) is 0.789. The number of ether oxygens (including phenoxy) is 3. The lowest BCUT2D eigenvalue weighted by atomic mass is 10.0. The van der Waals surface area contributed by atoms with Crippen LogP contribution in [-0.4, -0.2) is 74.0 Å². The van der Waals surface area contributed by atoms with Crippen LogP contribution in [0.15, 0.2) is 91.0 Å². The monoisotopic (exact) mass is 551 g/mol. The van der Waals surface area contributed by atoms with Crippen molar-refractivity contribution in [2.75, 3.05) is 33.9 Å². The molecule has 214 valence electrons. The second-order valence-electron chi connectivity index (χ2n) is 8.81. The van der Waals surface area contributed by atoms with E-state index in [0.717, 1.165) is 18.5 Å². The van der Waals surface area contributed by atoms with Gasteiger partial charge in [0, 0.05) is 6.54 Å². The summed E-state index contributed by atoms with van der Waals surface area (Å²) >= 11 is 0. The van der Waals surface area contributed by atoms with Crippen LogP contribution in [0.3, 0.4) is 0 Å². The number of esters is 1. The van der Waals surface area contributed by atoms with Gasteiger partial charge in [0.2, 0.25) is 0 Å². The molecule has 0 radical (unpaired) electrons. The summed E-state index contributed by atoms with van der Waals surface area (Å²) in [4.78, 5) is 36.3. The first-order valence-electron chi connectivity index (χ1n) is 12.5. The van der Waals surface area contributed by atoms with E-state index in [0.29, 0.717) is 6.61 Å². The number of hydrogen-bond acceptors (Lipinski definition) is 10. The Morgan fingerprint density at radius 3 is 1.55 bits per heavy atom. The molecule has 0 bridgehead atoms. The molecule has 10 heteroatoms. The maximum atomic E-state index is 11.8. The van der Waals surface area contributed by atoms with E-state index in [-0.39, 0.29) is 24.1 Å². The molecule has 0 heterocycles. The van der Waals surface area contributed by atoms with Crippen molar-refractivity contribution in [1.82, 2.24) is 4.90 Å². The van der Waals surface area contributed by atoms with Crippen molar-refractivity contribution < 1.29 is 43.9 Å². The van der Waals surface area contributed by atoms with Crippen molar-refractivity contribution >= 4 is 17.9 Å². The van der Waals surface area contributed by atoms with E-state index in [1.165, 1.54) is 24.3 Å². The van der Waals surface area contributed by atoms with Crippen molar-refractivity contribution in [3.8, 4) is 11.5 Å². The molecule has 0 aliphatic carbocycles. The van der Waals surface area contributed by atoms with Gasteiger partial charge in [-0.25, -0.2) is 0 Å². The normalized spacial score (nSPS) is 12.7. The number of hydrogen-bond donors (Lipinski definition) is 1. The number of para-hydroxylation sites is 2. The van der Waals surface area contributed by atoms with E-state index in [2.05, 4.69) is 0 Å². The van der Waals surface area contributed by atoms with Gasteiger partial charge in [0.25, 0.3) is 0 Å². The largest absolute Gasteiger partial charge is 0.546 e. The van der Waals surface area contributed by atoms with E-state index in [1.807, 2.05) is 49.3 Å². The van der Waals surface area contributed by atoms with Gasteiger partial charge in [-0.2, -0.15) is 0 Å². The van der Waals surface area contributed by atoms with Gasteiger partial charge in [0.1, 0.15) is 17.4 Å². The van der Waals surface area contributed by atoms with Crippen LogP contribution in [0.25, 0.3) is 0 Å². The number of aliphatic hydroxyl groups excluding tert-OH is 1. The number of benzene rings is 3. The van der Waals surface area contributed by atoms with Crippen LogP contribution >= 0.6 is 0 Å². The molecular weight excluding hydrogens is 518 g/mol. The van der Waals surface area contributed by atoms with E-state index < -0.39 is 30.1 Å². The summed E-state index contributed by atoms with van der Waals surface area (Å²) in [5, 5.41) is 31.8. The molecule has 0 saturated carbocycles. The molecule has 3 aromatic carbocycles. The Labute approximate surface area is 233 Å². The van der Waals surface area contributed by atoms with Crippen LogP contribution in [0.2, 0.25) is 0 Å². The van der Waals surface area contributed by atoms with Crippen LogP contribution < -0.4 is 19.7 Å². The predicted octanol–water partition coefficient (Wildman–Crippen LogP) is 0.639. The highest BCUT2D eigenvalue weighted by molar-refractivity contribution is 5.82.